The van der Waals surface area contributed by atoms with E-state index < -0.39 is 0 Å². The van der Waals surface area contributed by atoms with E-state index in [4.69, 9.17) is 23.2 Å². The number of imidazole rings is 1. The van der Waals surface area contributed by atoms with E-state index >= 15 is 0 Å². The van der Waals surface area contributed by atoms with Gasteiger partial charge in [-0.05, 0) is 36.8 Å². The van der Waals surface area contributed by atoms with Gasteiger partial charge in [0.05, 0.1) is 23.5 Å². The molecule has 1 aromatic carbocycles. The average Bonchev–Trinajstić information content (AvgIpc) is 2.78. The molecule has 0 aliphatic heterocycles. The molecule has 0 N–H and O–H groups in total. The van der Waals surface area contributed by atoms with E-state index in [-0.39, 0.29) is 0 Å². The minimum atomic E-state index is 0.367. The third-order valence-electron chi connectivity index (χ3n) is 3.22. The van der Waals surface area contributed by atoms with Crippen LogP contribution in [0.3, 0.4) is 0 Å². The van der Waals surface area contributed by atoms with Crippen molar-refractivity contribution in [3.05, 3.63) is 58.6 Å². The number of aromatic nitrogens is 3. The normalized spacial score (nSPS) is 11.2. The molecule has 20 heavy (non-hydrogen) atoms. The third-order valence-corrected chi connectivity index (χ3v) is 3.70. The molecule has 0 saturated carbocycles. The molecule has 2 heterocycles. The second-order valence-electron chi connectivity index (χ2n) is 4.69. The molecule has 0 fully saturated rings. The van der Waals surface area contributed by atoms with Gasteiger partial charge in [0.25, 0.3) is 0 Å². The van der Waals surface area contributed by atoms with Crippen LogP contribution in [0.15, 0.2) is 36.5 Å². The smallest absolute Gasteiger partial charge is 0.125 e. The van der Waals surface area contributed by atoms with Gasteiger partial charge < -0.3 is 4.57 Å². The first-order chi connectivity index (χ1) is 9.67. The number of benzene rings is 1. The number of alkyl halides is 1. The van der Waals surface area contributed by atoms with E-state index in [1.807, 2.05) is 37.4 Å². The second kappa shape index (κ2) is 5.43. The van der Waals surface area contributed by atoms with Crippen LogP contribution in [0.1, 0.15) is 17.1 Å². The van der Waals surface area contributed by atoms with Crippen LogP contribution in [0.25, 0.3) is 11.0 Å². The van der Waals surface area contributed by atoms with Crippen molar-refractivity contribution in [1.29, 1.82) is 0 Å². The average molecular weight is 306 g/mol. The van der Waals surface area contributed by atoms with Gasteiger partial charge in [0, 0.05) is 16.9 Å². The fourth-order valence-corrected chi connectivity index (χ4v) is 2.58. The summed E-state index contributed by atoms with van der Waals surface area (Å²) < 4.78 is 2.10. The summed E-state index contributed by atoms with van der Waals surface area (Å²) in [7, 11) is 0. The van der Waals surface area contributed by atoms with Crippen molar-refractivity contribution < 1.29 is 0 Å². The Morgan fingerprint density at radius 2 is 2.05 bits per heavy atom. The van der Waals surface area contributed by atoms with Gasteiger partial charge in [-0.2, -0.15) is 0 Å². The van der Waals surface area contributed by atoms with E-state index in [0.717, 1.165) is 28.1 Å². The van der Waals surface area contributed by atoms with Crippen LogP contribution in [0.5, 0.6) is 0 Å². The van der Waals surface area contributed by atoms with Crippen LogP contribution >= 0.6 is 23.2 Å². The molecule has 0 atom stereocenters. The number of fused-ring (bicyclic) bond motifs is 1. The Morgan fingerprint density at radius 3 is 2.75 bits per heavy atom. The van der Waals surface area contributed by atoms with Crippen molar-refractivity contribution in [3.8, 4) is 0 Å². The molecule has 0 unspecified atom stereocenters. The zero-order valence-electron chi connectivity index (χ0n) is 11.0. The molecule has 0 radical (unpaired) electrons. The van der Waals surface area contributed by atoms with Gasteiger partial charge in [-0.15, -0.1) is 11.6 Å². The summed E-state index contributed by atoms with van der Waals surface area (Å²) in [6.45, 7) is 2.68. The Hall–Kier alpha value is -1.58. The van der Waals surface area contributed by atoms with Crippen LogP contribution < -0.4 is 0 Å². The molecule has 0 aliphatic carbocycles. The topological polar surface area (TPSA) is 30.7 Å². The Labute approximate surface area is 127 Å². The maximum absolute atomic E-state index is 6.01. The van der Waals surface area contributed by atoms with Crippen molar-refractivity contribution in [2.45, 2.75) is 19.3 Å². The Morgan fingerprint density at radius 1 is 1.20 bits per heavy atom. The summed E-state index contributed by atoms with van der Waals surface area (Å²) in [5, 5.41) is 0.681. The maximum atomic E-state index is 6.01. The molecular weight excluding hydrogens is 293 g/mol. The van der Waals surface area contributed by atoms with Crippen LogP contribution in [-0.4, -0.2) is 14.5 Å². The molecule has 0 aliphatic rings. The number of pyridine rings is 1. The lowest BCUT2D eigenvalue weighted by Crippen LogP contribution is -2.04. The summed E-state index contributed by atoms with van der Waals surface area (Å²) in [6.07, 6.45) is 1.88. The number of halogens is 2. The molecule has 2 aromatic heterocycles. The van der Waals surface area contributed by atoms with Gasteiger partial charge in [0.1, 0.15) is 5.82 Å². The third kappa shape index (κ3) is 2.51. The van der Waals surface area contributed by atoms with Crippen LogP contribution in [0.4, 0.5) is 0 Å². The second-order valence-corrected chi connectivity index (χ2v) is 5.39. The Balaban J connectivity index is 2.07. The number of aryl methyl sites for hydroxylation is 1. The first-order valence-electron chi connectivity index (χ1n) is 6.29. The summed E-state index contributed by atoms with van der Waals surface area (Å²) in [5.74, 6) is 1.20. The highest BCUT2D eigenvalue weighted by molar-refractivity contribution is 6.31. The van der Waals surface area contributed by atoms with Gasteiger partial charge in [-0.1, -0.05) is 17.7 Å². The Kier molecular flexibility index (Phi) is 3.64. The lowest BCUT2D eigenvalue weighted by molar-refractivity contribution is 0.774. The molecule has 0 spiro atoms. The fourth-order valence-electron chi connectivity index (χ4n) is 2.21. The predicted molar refractivity (Wildman–Crippen MR) is 82.4 cm³/mol. The van der Waals surface area contributed by atoms with Crippen molar-refractivity contribution in [1.82, 2.24) is 14.5 Å². The summed E-state index contributed by atoms with van der Waals surface area (Å²) >= 11 is 12.0. The van der Waals surface area contributed by atoms with Crippen LogP contribution in [0.2, 0.25) is 5.02 Å². The minimum absolute atomic E-state index is 0.367. The molecular formula is C15H13Cl2N3. The number of rotatable bonds is 3. The monoisotopic (exact) mass is 305 g/mol. The SMILES string of the molecule is Cc1ccc(Cn2c(CCl)nc3cc(Cl)ccc32)cn1. The first kappa shape index (κ1) is 13.4. The highest BCUT2D eigenvalue weighted by Gasteiger charge is 2.10. The highest BCUT2D eigenvalue weighted by Crippen LogP contribution is 2.22. The largest absolute Gasteiger partial charge is 0.322 e. The van der Waals surface area contributed by atoms with Gasteiger partial charge in [-0.25, -0.2) is 4.98 Å². The van der Waals surface area contributed by atoms with Gasteiger partial charge in [0.2, 0.25) is 0 Å². The molecule has 3 rings (SSSR count). The highest BCUT2D eigenvalue weighted by atomic mass is 35.5. The quantitative estimate of drug-likeness (QED) is 0.680. The summed E-state index contributed by atoms with van der Waals surface area (Å²) in [4.78, 5) is 8.85. The molecule has 0 bridgehead atoms. The minimum Gasteiger partial charge on any atom is -0.322 e. The van der Waals surface area contributed by atoms with E-state index in [2.05, 4.69) is 20.6 Å². The molecule has 102 valence electrons. The number of hydrogen-bond donors (Lipinski definition) is 0. The lowest BCUT2D eigenvalue weighted by atomic mass is 10.2. The zero-order valence-corrected chi connectivity index (χ0v) is 12.5. The molecule has 0 saturated heterocycles. The van der Waals surface area contributed by atoms with Crippen molar-refractivity contribution in [2.75, 3.05) is 0 Å². The van der Waals surface area contributed by atoms with Gasteiger partial charge >= 0.3 is 0 Å². The van der Waals surface area contributed by atoms with Crippen molar-refractivity contribution in [2.24, 2.45) is 0 Å². The maximum Gasteiger partial charge on any atom is 0.125 e. The zero-order chi connectivity index (χ0) is 14.1. The van der Waals surface area contributed by atoms with Gasteiger partial charge in [-0.3, -0.25) is 4.98 Å². The van der Waals surface area contributed by atoms with Crippen LogP contribution in [0, 0.1) is 6.92 Å². The van der Waals surface area contributed by atoms with E-state index in [9.17, 15) is 0 Å². The van der Waals surface area contributed by atoms with Crippen LogP contribution in [-0.2, 0) is 12.4 Å². The van der Waals surface area contributed by atoms with Crippen molar-refractivity contribution in [3.63, 3.8) is 0 Å². The van der Waals surface area contributed by atoms with E-state index in [1.165, 1.54) is 0 Å². The first-order valence-corrected chi connectivity index (χ1v) is 7.21. The molecule has 5 heteroatoms. The summed E-state index contributed by atoms with van der Waals surface area (Å²) in [6, 6.07) is 9.78. The van der Waals surface area contributed by atoms with E-state index in [0.29, 0.717) is 17.4 Å². The predicted octanol–water partition coefficient (Wildman–Crippen LogP) is 4.18. The summed E-state index contributed by atoms with van der Waals surface area (Å²) in [5.41, 5.74) is 4.03. The number of nitrogens with zero attached hydrogens (tertiary/aromatic N) is 3. The molecule has 3 nitrogen and oxygen atoms in total. The Bertz CT molecular complexity index is 748. The fraction of sp³-hybridized carbons (Fsp3) is 0.200. The van der Waals surface area contributed by atoms with Gasteiger partial charge in [0.15, 0.2) is 0 Å². The van der Waals surface area contributed by atoms with Crippen molar-refractivity contribution >= 4 is 34.2 Å². The molecule has 3 aromatic rings. The standard InChI is InChI=1S/C15H13Cl2N3/c1-10-2-3-11(8-18-10)9-20-14-5-4-12(17)6-13(14)19-15(20)7-16/h2-6,8H,7,9H2,1H3. The molecule has 0 amide bonds. The number of hydrogen-bond acceptors (Lipinski definition) is 2. The van der Waals surface area contributed by atoms with E-state index in [1.54, 1.807) is 0 Å². The lowest BCUT2D eigenvalue weighted by Gasteiger charge is -2.08.